The molecule has 7 nitrogen and oxygen atoms in total. The molecule has 138 valence electrons. The van der Waals surface area contributed by atoms with E-state index in [2.05, 4.69) is 16.1 Å². The normalized spacial score (nSPS) is 27.8. The smallest absolute Gasteiger partial charge is 0.397 e. The van der Waals surface area contributed by atoms with Crippen molar-refractivity contribution in [2.24, 2.45) is 0 Å². The molecule has 3 atom stereocenters. The van der Waals surface area contributed by atoms with Crippen LogP contribution in [0.3, 0.4) is 0 Å². The summed E-state index contributed by atoms with van der Waals surface area (Å²) in [6.07, 6.45) is 2.31. The van der Waals surface area contributed by atoms with Crippen LogP contribution in [0, 0.1) is 0 Å². The van der Waals surface area contributed by atoms with E-state index in [1.165, 1.54) is 0 Å². The van der Waals surface area contributed by atoms with Crippen LogP contribution in [-0.2, 0) is 24.1 Å². The van der Waals surface area contributed by atoms with Crippen molar-refractivity contribution in [2.75, 3.05) is 7.05 Å². The lowest BCUT2D eigenvalue weighted by molar-refractivity contribution is -0.154. The minimum atomic E-state index is -4.68. The van der Waals surface area contributed by atoms with E-state index in [0.717, 1.165) is 25.7 Å². The predicted molar refractivity (Wildman–Crippen MR) is 90.1 cm³/mol. The number of carbonyl (C=O) groups excluding carboxylic acids is 1. The summed E-state index contributed by atoms with van der Waals surface area (Å²) in [6.45, 7) is 0. The monoisotopic (exact) mass is 369 g/mol. The van der Waals surface area contributed by atoms with Crippen LogP contribution in [-0.4, -0.2) is 49.1 Å². The molecule has 1 aromatic rings. The number of ether oxygens (including phenoxy) is 1. The minimum absolute atomic E-state index is 0.150. The van der Waals surface area contributed by atoms with Gasteiger partial charge in [0.1, 0.15) is 12.2 Å². The molecule has 0 spiro atoms. The van der Waals surface area contributed by atoms with Gasteiger partial charge in [0.15, 0.2) is 0 Å². The number of fused-ring (bicyclic) bond motifs is 2. The first-order chi connectivity index (χ1) is 11.8. The third kappa shape index (κ3) is 4.78. The molecule has 0 aromatic heterocycles. The van der Waals surface area contributed by atoms with Crippen molar-refractivity contribution in [3.05, 3.63) is 35.9 Å². The highest BCUT2D eigenvalue weighted by Gasteiger charge is 2.40. The number of hydrogen-bond acceptors (Lipinski definition) is 6. The van der Waals surface area contributed by atoms with Crippen LogP contribution >= 0.6 is 0 Å². The standard InChI is InChI=1S/C17H23NO6S/c1-18-13-7-8-14(18)10-15(9-13)23-17(19)11-16(24-25(20,21)22)12-5-3-2-4-6-12/h2-6,13-16H,7-11H2,1H3,(H,20,21,22). The Labute approximate surface area is 147 Å². The molecule has 1 aromatic carbocycles. The zero-order chi connectivity index (χ0) is 18.0. The summed E-state index contributed by atoms with van der Waals surface area (Å²) < 4.78 is 41.4. The van der Waals surface area contributed by atoms with Gasteiger partial charge in [-0.05, 0) is 38.3 Å². The molecule has 2 fully saturated rings. The molecular formula is C17H23NO6S. The molecule has 3 rings (SSSR count). The van der Waals surface area contributed by atoms with E-state index in [4.69, 9.17) is 9.29 Å². The maximum absolute atomic E-state index is 12.3. The van der Waals surface area contributed by atoms with Crippen LogP contribution < -0.4 is 0 Å². The Morgan fingerprint density at radius 3 is 2.40 bits per heavy atom. The molecule has 2 aliphatic heterocycles. The number of benzene rings is 1. The highest BCUT2D eigenvalue weighted by atomic mass is 32.3. The van der Waals surface area contributed by atoms with Gasteiger partial charge in [-0.3, -0.25) is 9.35 Å². The second-order valence-corrected chi connectivity index (χ2v) is 7.81. The lowest BCUT2D eigenvalue weighted by Gasteiger charge is -2.35. The highest BCUT2D eigenvalue weighted by molar-refractivity contribution is 7.80. The fourth-order valence-electron chi connectivity index (χ4n) is 3.87. The summed E-state index contributed by atoms with van der Waals surface area (Å²) in [5.74, 6) is -0.522. The van der Waals surface area contributed by atoms with Gasteiger partial charge in [-0.2, -0.15) is 8.42 Å². The molecule has 2 aliphatic rings. The van der Waals surface area contributed by atoms with Crippen molar-refractivity contribution in [2.45, 2.75) is 56.4 Å². The van der Waals surface area contributed by atoms with Crippen LogP contribution in [0.25, 0.3) is 0 Å². The van der Waals surface area contributed by atoms with Gasteiger partial charge in [-0.1, -0.05) is 30.3 Å². The lowest BCUT2D eigenvalue weighted by Crippen LogP contribution is -2.43. The zero-order valence-corrected chi connectivity index (χ0v) is 14.9. The first kappa shape index (κ1) is 18.3. The predicted octanol–water partition coefficient (Wildman–Crippen LogP) is 2.11. The molecular weight excluding hydrogens is 346 g/mol. The van der Waals surface area contributed by atoms with Gasteiger partial charge in [0.05, 0.1) is 6.42 Å². The highest BCUT2D eigenvalue weighted by Crippen LogP contribution is 2.36. The maximum Gasteiger partial charge on any atom is 0.397 e. The quantitative estimate of drug-likeness (QED) is 0.606. The van der Waals surface area contributed by atoms with Gasteiger partial charge in [-0.15, -0.1) is 0 Å². The maximum atomic E-state index is 12.3. The topological polar surface area (TPSA) is 93.1 Å². The number of esters is 1. The van der Waals surface area contributed by atoms with E-state index in [1.54, 1.807) is 30.3 Å². The summed E-state index contributed by atoms with van der Waals surface area (Å²) in [5, 5.41) is 0. The largest absolute Gasteiger partial charge is 0.462 e. The Bertz CT molecular complexity index is 693. The Morgan fingerprint density at radius 2 is 1.84 bits per heavy atom. The average molecular weight is 369 g/mol. The van der Waals surface area contributed by atoms with Gasteiger partial charge in [0.2, 0.25) is 0 Å². The Kier molecular flexibility index (Phi) is 5.43. The third-order valence-electron chi connectivity index (χ3n) is 5.11. The minimum Gasteiger partial charge on any atom is -0.462 e. The summed E-state index contributed by atoms with van der Waals surface area (Å²) in [6, 6.07) is 9.33. The molecule has 1 N–H and O–H groups in total. The van der Waals surface area contributed by atoms with Gasteiger partial charge >= 0.3 is 16.4 Å². The zero-order valence-electron chi connectivity index (χ0n) is 14.1. The van der Waals surface area contributed by atoms with Crippen LogP contribution in [0.2, 0.25) is 0 Å². The first-order valence-electron chi connectivity index (χ1n) is 8.44. The number of hydrogen-bond donors (Lipinski definition) is 1. The van der Waals surface area contributed by atoms with Gasteiger partial charge < -0.3 is 9.64 Å². The van der Waals surface area contributed by atoms with E-state index in [9.17, 15) is 13.2 Å². The van der Waals surface area contributed by atoms with Crippen molar-refractivity contribution in [1.82, 2.24) is 4.90 Å². The van der Waals surface area contributed by atoms with Crippen molar-refractivity contribution >= 4 is 16.4 Å². The summed E-state index contributed by atoms with van der Waals surface area (Å²) >= 11 is 0. The molecule has 0 aliphatic carbocycles. The Hall–Kier alpha value is -1.48. The molecule has 0 amide bonds. The van der Waals surface area contributed by atoms with E-state index >= 15 is 0 Å². The summed E-state index contributed by atoms with van der Waals surface area (Å²) in [7, 11) is -2.58. The van der Waals surface area contributed by atoms with E-state index < -0.39 is 22.5 Å². The van der Waals surface area contributed by atoms with Gasteiger partial charge in [-0.25, -0.2) is 4.18 Å². The molecule has 8 heteroatoms. The SMILES string of the molecule is CN1C2CCC1CC(OC(=O)CC(OS(=O)(=O)O)c1ccccc1)C2. The van der Waals surface area contributed by atoms with Crippen LogP contribution in [0.4, 0.5) is 0 Å². The Morgan fingerprint density at radius 1 is 1.24 bits per heavy atom. The van der Waals surface area contributed by atoms with E-state index in [1.807, 2.05) is 0 Å². The van der Waals surface area contributed by atoms with E-state index in [-0.39, 0.29) is 12.5 Å². The van der Waals surface area contributed by atoms with Crippen LogP contribution in [0.1, 0.15) is 43.8 Å². The molecule has 25 heavy (non-hydrogen) atoms. The molecule has 2 bridgehead atoms. The number of carbonyl (C=O) groups is 1. The van der Waals surface area contributed by atoms with E-state index in [0.29, 0.717) is 17.6 Å². The first-order valence-corrected chi connectivity index (χ1v) is 9.80. The van der Waals surface area contributed by atoms with Crippen molar-refractivity contribution in [3.63, 3.8) is 0 Å². The Balaban J connectivity index is 1.62. The summed E-state index contributed by atoms with van der Waals surface area (Å²) in [5.41, 5.74) is 0.487. The summed E-state index contributed by atoms with van der Waals surface area (Å²) in [4.78, 5) is 14.6. The second-order valence-electron chi connectivity index (χ2n) is 6.76. The van der Waals surface area contributed by atoms with Crippen molar-refractivity contribution < 1.29 is 26.7 Å². The third-order valence-corrected chi connectivity index (χ3v) is 5.59. The molecule has 0 saturated carbocycles. The van der Waals surface area contributed by atoms with Crippen molar-refractivity contribution in [3.8, 4) is 0 Å². The molecule has 2 saturated heterocycles. The fraction of sp³-hybridized carbons (Fsp3) is 0.588. The molecule has 0 radical (unpaired) electrons. The second kappa shape index (κ2) is 7.41. The molecule has 3 unspecified atom stereocenters. The molecule has 2 heterocycles. The lowest BCUT2D eigenvalue weighted by atomic mass is 10.0. The van der Waals surface area contributed by atoms with Crippen molar-refractivity contribution in [1.29, 1.82) is 0 Å². The van der Waals surface area contributed by atoms with Crippen LogP contribution in [0.15, 0.2) is 30.3 Å². The number of piperidine rings is 1. The number of rotatable bonds is 6. The van der Waals surface area contributed by atoms with Gasteiger partial charge in [0.25, 0.3) is 0 Å². The number of nitrogens with zero attached hydrogens (tertiary/aromatic N) is 1. The van der Waals surface area contributed by atoms with Gasteiger partial charge in [0, 0.05) is 12.1 Å². The van der Waals surface area contributed by atoms with Crippen LogP contribution in [0.5, 0.6) is 0 Å². The average Bonchev–Trinajstić information content (AvgIpc) is 2.75. The fourth-order valence-corrected chi connectivity index (χ4v) is 4.34.